The first-order chi connectivity index (χ1) is 6.79. The van der Waals surface area contributed by atoms with E-state index in [9.17, 15) is 0 Å². The minimum Gasteiger partial charge on any atom is -0.329 e. The van der Waals surface area contributed by atoms with E-state index in [1.807, 2.05) is 19.3 Å². The third-order valence-electron chi connectivity index (χ3n) is 2.12. The van der Waals surface area contributed by atoms with E-state index in [0.29, 0.717) is 0 Å². The van der Waals surface area contributed by atoms with Gasteiger partial charge < -0.3 is 4.57 Å². The van der Waals surface area contributed by atoms with Gasteiger partial charge in [-0.25, -0.2) is 9.97 Å². The first-order valence-electron chi connectivity index (χ1n) is 4.70. The molecule has 0 unspecified atom stereocenters. The summed E-state index contributed by atoms with van der Waals surface area (Å²) in [6, 6.07) is 0. The highest BCUT2D eigenvalue weighted by molar-refractivity contribution is 7.09. The van der Waals surface area contributed by atoms with E-state index in [1.165, 1.54) is 0 Å². The summed E-state index contributed by atoms with van der Waals surface area (Å²) >= 11 is 1.69. The molecule has 0 aliphatic carbocycles. The van der Waals surface area contributed by atoms with Crippen LogP contribution in [0.25, 0.3) is 0 Å². The highest BCUT2D eigenvalue weighted by Crippen LogP contribution is 2.10. The van der Waals surface area contributed by atoms with Crippen LogP contribution in [0.2, 0.25) is 0 Å². The summed E-state index contributed by atoms with van der Waals surface area (Å²) < 4.78 is 2.15. The van der Waals surface area contributed by atoms with Crippen LogP contribution in [-0.4, -0.2) is 14.5 Å². The molecule has 0 aliphatic heterocycles. The molecule has 2 aromatic heterocycles. The van der Waals surface area contributed by atoms with Gasteiger partial charge in [-0.05, 0) is 6.92 Å². The van der Waals surface area contributed by atoms with Gasteiger partial charge >= 0.3 is 0 Å². The zero-order chi connectivity index (χ0) is 9.97. The van der Waals surface area contributed by atoms with E-state index >= 15 is 0 Å². The van der Waals surface area contributed by atoms with E-state index in [-0.39, 0.29) is 0 Å². The Morgan fingerprint density at radius 2 is 2.36 bits per heavy atom. The highest BCUT2D eigenvalue weighted by Gasteiger charge is 2.03. The maximum absolute atomic E-state index is 4.43. The number of hydrogen-bond acceptors (Lipinski definition) is 3. The molecule has 2 rings (SSSR count). The first kappa shape index (κ1) is 9.40. The third-order valence-corrected chi connectivity index (χ3v) is 2.94. The molecule has 0 radical (unpaired) electrons. The van der Waals surface area contributed by atoms with Crippen LogP contribution in [0.5, 0.6) is 0 Å². The normalized spacial score (nSPS) is 10.7. The molecule has 14 heavy (non-hydrogen) atoms. The molecule has 4 heteroatoms. The molecule has 0 fully saturated rings. The SMILES string of the molecule is CCc1nccn1Cc1csc(C)n1. The molecular weight excluding hydrogens is 194 g/mol. The minimum atomic E-state index is 0.841. The summed E-state index contributed by atoms with van der Waals surface area (Å²) in [6.45, 7) is 4.99. The van der Waals surface area contributed by atoms with Gasteiger partial charge in [0.25, 0.3) is 0 Å². The predicted octanol–water partition coefficient (Wildman–Crippen LogP) is 2.26. The number of imidazole rings is 1. The lowest BCUT2D eigenvalue weighted by atomic mass is 10.4. The number of nitrogens with zero attached hydrogens (tertiary/aromatic N) is 3. The van der Waals surface area contributed by atoms with Crippen LogP contribution in [0.3, 0.4) is 0 Å². The molecule has 0 bridgehead atoms. The standard InChI is InChI=1S/C10H13N3S/c1-3-10-11-4-5-13(10)6-9-7-14-8(2)12-9/h4-5,7H,3,6H2,1-2H3. The van der Waals surface area contributed by atoms with Crippen molar-refractivity contribution in [2.75, 3.05) is 0 Å². The van der Waals surface area contributed by atoms with Gasteiger partial charge in [0.2, 0.25) is 0 Å². The van der Waals surface area contributed by atoms with E-state index in [0.717, 1.165) is 29.5 Å². The fourth-order valence-corrected chi connectivity index (χ4v) is 2.06. The van der Waals surface area contributed by atoms with Crippen LogP contribution < -0.4 is 0 Å². The maximum Gasteiger partial charge on any atom is 0.108 e. The Balaban J connectivity index is 2.18. The summed E-state index contributed by atoms with van der Waals surface area (Å²) in [5, 5.41) is 3.23. The second-order valence-corrected chi connectivity index (χ2v) is 4.25. The van der Waals surface area contributed by atoms with Crippen LogP contribution in [0.15, 0.2) is 17.8 Å². The van der Waals surface area contributed by atoms with E-state index in [2.05, 4.69) is 26.8 Å². The second kappa shape index (κ2) is 3.92. The van der Waals surface area contributed by atoms with Crippen LogP contribution >= 0.6 is 11.3 Å². The molecular formula is C10H13N3S. The van der Waals surface area contributed by atoms with Crippen LogP contribution in [-0.2, 0) is 13.0 Å². The Kier molecular flexibility index (Phi) is 2.63. The number of aryl methyl sites for hydroxylation is 2. The molecule has 2 aromatic rings. The molecule has 0 saturated heterocycles. The van der Waals surface area contributed by atoms with Gasteiger partial charge in [-0.1, -0.05) is 6.92 Å². The first-order valence-corrected chi connectivity index (χ1v) is 5.58. The predicted molar refractivity (Wildman–Crippen MR) is 57.6 cm³/mol. The lowest BCUT2D eigenvalue weighted by Crippen LogP contribution is -2.03. The Morgan fingerprint density at radius 1 is 1.50 bits per heavy atom. The van der Waals surface area contributed by atoms with Crippen molar-refractivity contribution in [3.63, 3.8) is 0 Å². The summed E-state index contributed by atoms with van der Waals surface area (Å²) in [4.78, 5) is 8.71. The van der Waals surface area contributed by atoms with Crippen LogP contribution in [0.1, 0.15) is 23.4 Å². The monoisotopic (exact) mass is 207 g/mol. The Bertz CT molecular complexity index is 416. The van der Waals surface area contributed by atoms with Gasteiger partial charge in [0, 0.05) is 24.2 Å². The van der Waals surface area contributed by atoms with Crippen molar-refractivity contribution in [2.24, 2.45) is 0 Å². The Labute approximate surface area is 87.4 Å². The van der Waals surface area contributed by atoms with Crippen LogP contribution in [0, 0.1) is 6.92 Å². The molecule has 0 aliphatic rings. The molecule has 2 heterocycles. The summed E-state index contributed by atoms with van der Waals surface area (Å²) in [6.07, 6.45) is 4.82. The zero-order valence-electron chi connectivity index (χ0n) is 8.40. The molecule has 0 saturated carbocycles. The lowest BCUT2D eigenvalue weighted by molar-refractivity contribution is 0.719. The van der Waals surface area contributed by atoms with E-state index in [1.54, 1.807) is 11.3 Å². The van der Waals surface area contributed by atoms with E-state index < -0.39 is 0 Å². The van der Waals surface area contributed by atoms with Crippen molar-refractivity contribution in [3.8, 4) is 0 Å². The smallest absolute Gasteiger partial charge is 0.108 e. The van der Waals surface area contributed by atoms with Crippen molar-refractivity contribution in [2.45, 2.75) is 26.8 Å². The molecule has 0 atom stereocenters. The fraction of sp³-hybridized carbons (Fsp3) is 0.400. The number of rotatable bonds is 3. The number of hydrogen-bond donors (Lipinski definition) is 0. The molecule has 0 amide bonds. The summed E-state index contributed by atoms with van der Waals surface area (Å²) in [5.41, 5.74) is 1.13. The Morgan fingerprint density at radius 3 is 3.00 bits per heavy atom. The largest absolute Gasteiger partial charge is 0.329 e. The molecule has 0 aromatic carbocycles. The van der Waals surface area contributed by atoms with Crippen molar-refractivity contribution in [1.29, 1.82) is 0 Å². The molecule has 0 spiro atoms. The van der Waals surface area contributed by atoms with Crippen LogP contribution in [0.4, 0.5) is 0 Å². The second-order valence-electron chi connectivity index (χ2n) is 3.18. The Hall–Kier alpha value is -1.16. The average molecular weight is 207 g/mol. The maximum atomic E-state index is 4.43. The quantitative estimate of drug-likeness (QED) is 0.773. The topological polar surface area (TPSA) is 30.7 Å². The van der Waals surface area contributed by atoms with Gasteiger partial charge in [0.15, 0.2) is 0 Å². The molecule has 0 N–H and O–H groups in total. The average Bonchev–Trinajstić information content (AvgIpc) is 2.76. The van der Waals surface area contributed by atoms with Gasteiger partial charge in [0.05, 0.1) is 17.2 Å². The van der Waals surface area contributed by atoms with Crippen molar-refractivity contribution in [1.82, 2.24) is 14.5 Å². The van der Waals surface area contributed by atoms with Crippen molar-refractivity contribution >= 4 is 11.3 Å². The molecule has 74 valence electrons. The van der Waals surface area contributed by atoms with E-state index in [4.69, 9.17) is 0 Å². The fourth-order valence-electron chi connectivity index (χ4n) is 1.45. The summed E-state index contributed by atoms with van der Waals surface area (Å²) in [5.74, 6) is 1.12. The third kappa shape index (κ3) is 1.85. The molecule has 3 nitrogen and oxygen atoms in total. The van der Waals surface area contributed by atoms with Gasteiger partial charge in [-0.2, -0.15) is 0 Å². The minimum absolute atomic E-state index is 0.841. The lowest BCUT2D eigenvalue weighted by Gasteiger charge is -2.02. The highest BCUT2D eigenvalue weighted by atomic mass is 32.1. The van der Waals surface area contributed by atoms with Gasteiger partial charge in [-0.15, -0.1) is 11.3 Å². The zero-order valence-corrected chi connectivity index (χ0v) is 9.21. The summed E-state index contributed by atoms with van der Waals surface area (Å²) in [7, 11) is 0. The van der Waals surface area contributed by atoms with Crippen molar-refractivity contribution in [3.05, 3.63) is 34.3 Å². The van der Waals surface area contributed by atoms with Gasteiger partial charge in [-0.3, -0.25) is 0 Å². The van der Waals surface area contributed by atoms with Gasteiger partial charge in [0.1, 0.15) is 5.82 Å². The number of aromatic nitrogens is 3. The van der Waals surface area contributed by atoms with Crippen molar-refractivity contribution < 1.29 is 0 Å². The number of thiazole rings is 1.